The first-order valence-corrected chi connectivity index (χ1v) is 45.0. The lowest BCUT2D eigenvalue weighted by Crippen LogP contribution is -2.70. The molecule has 0 aromatic rings. The van der Waals surface area contributed by atoms with Gasteiger partial charge in [-0.2, -0.15) is 84.2 Å². The van der Waals surface area contributed by atoms with Gasteiger partial charge >= 0.3 is 122 Å². The maximum absolute atomic E-state index is 13.7. The molecular weight excluding hydrogens is 1930 g/mol. The average molecular weight is 2000 g/mol. The van der Waals surface area contributed by atoms with Crippen molar-refractivity contribution in [3.8, 4) is 0 Å². The highest BCUT2D eigenvalue weighted by Gasteiger charge is 2.65. The molecule has 0 aromatic heterocycles. The molecule has 6 fully saturated rings. The van der Waals surface area contributed by atoms with Crippen LogP contribution in [0.2, 0.25) is 0 Å². The quantitative estimate of drug-likeness (QED) is 0.00885. The van der Waals surface area contributed by atoms with Crippen LogP contribution in [0, 0.1) is 0 Å². The van der Waals surface area contributed by atoms with Crippen molar-refractivity contribution < 1.29 is 301 Å². The minimum absolute atomic E-state index is 0.367. The lowest BCUT2D eigenvalue weighted by Gasteiger charge is -2.51. The number of hydrogen-bond acceptors (Lipinski definition) is 55. The van der Waals surface area contributed by atoms with Crippen molar-refractivity contribution in [2.24, 2.45) is 0 Å². The first kappa shape index (κ1) is 105. The van der Waals surface area contributed by atoms with E-state index in [9.17, 15) is 159 Å². The van der Waals surface area contributed by atoms with Crippen LogP contribution >= 0.6 is 12.3 Å². The highest BCUT2D eigenvalue weighted by Crippen LogP contribution is 2.43. The van der Waals surface area contributed by atoms with Gasteiger partial charge in [0.05, 0.1) is 19.8 Å². The van der Waals surface area contributed by atoms with Crippen LogP contribution in [0.15, 0.2) is 0 Å². The zero-order valence-electron chi connectivity index (χ0n) is 59.3. The summed E-state index contributed by atoms with van der Waals surface area (Å²) in [6, 6.07) is 0. The van der Waals surface area contributed by atoms with Gasteiger partial charge in [-0.25, -0.2) is 61.5 Å². The minimum atomic E-state index is -6.61. The van der Waals surface area contributed by atoms with Crippen LogP contribution in [0.5, 0.6) is 0 Å². The molecule has 78 heteroatoms. The van der Waals surface area contributed by atoms with Gasteiger partial charge in [0.2, 0.25) is 0 Å². The van der Waals surface area contributed by atoms with E-state index in [0.29, 0.717) is 35.5 Å². The van der Waals surface area contributed by atoms with E-state index in [2.05, 4.69) is 47.0 Å². The van der Waals surface area contributed by atoms with Crippen LogP contribution in [0.25, 0.3) is 0 Å². The van der Waals surface area contributed by atoms with Crippen molar-refractivity contribution in [2.75, 3.05) is 62.5 Å². The zero-order valence-corrected chi connectivity index (χ0v) is 68.3. The largest absolute Gasteiger partial charge is 0.479 e. The number of ether oxygens (including phenoxy) is 17. The summed E-state index contributed by atoms with van der Waals surface area (Å²) in [5.41, 5.74) is 0. The molecule has 120 heavy (non-hydrogen) atoms. The van der Waals surface area contributed by atoms with Crippen molar-refractivity contribution in [1.29, 1.82) is 0 Å². The third-order valence-electron chi connectivity index (χ3n) is 16.0. The van der Waals surface area contributed by atoms with Gasteiger partial charge in [-0.05, 0) is 0 Å². The Kier molecular flexibility index (Phi) is 37.1. The molecule has 6 saturated heterocycles. The second kappa shape index (κ2) is 42.2. The monoisotopic (exact) mass is 2000 g/mol. The Morgan fingerprint density at radius 1 is 0.267 bits per heavy atom. The van der Waals surface area contributed by atoms with Gasteiger partial charge < -0.3 is 95.8 Å². The summed E-state index contributed by atoms with van der Waals surface area (Å²) in [5, 5.41) is 43.9. The fourth-order valence-electron chi connectivity index (χ4n) is 12.1. The molecule has 67 nitrogen and oxygen atoms in total. The normalized spacial score (nSPS) is 36.3. The third kappa shape index (κ3) is 31.0. The highest BCUT2D eigenvalue weighted by atomic mass is 32.3. The fourth-order valence-corrected chi connectivity index (χ4v) is 16.7. The Morgan fingerprint density at radius 2 is 0.475 bits per heavy atom. The predicted molar refractivity (Wildman–Crippen MR) is 345 cm³/mol. The van der Waals surface area contributed by atoms with Gasteiger partial charge in [0.25, 0.3) is 0 Å². The summed E-state index contributed by atoms with van der Waals surface area (Å²) in [7, 11) is -57.9. The maximum Gasteiger partial charge on any atom is 0.397 e. The van der Waals surface area contributed by atoms with Gasteiger partial charge in [-0.15, -0.1) is 4.33 Å². The molecule has 6 aliphatic heterocycles. The Hall–Kier alpha value is -3.38. The van der Waals surface area contributed by atoms with Crippen LogP contribution in [0.3, 0.4) is 0 Å². The van der Waals surface area contributed by atoms with Crippen LogP contribution in [-0.2, 0) is 254 Å². The molecule has 0 aromatic carbocycles. The predicted octanol–water partition coefficient (Wildman–Crippen LogP) is -10.6. The molecule has 14 N–H and O–H groups in total. The smallest absolute Gasteiger partial charge is 0.397 e. The highest BCUT2D eigenvalue weighted by molar-refractivity contribution is 7.89. The lowest BCUT2D eigenvalue weighted by atomic mass is 9.94. The third-order valence-corrected chi connectivity index (χ3v) is 21.0. The number of hydrogen-bond donors (Lipinski definition) is 14. The number of aliphatic carboxylic acids is 3. The van der Waals surface area contributed by atoms with Gasteiger partial charge in [0, 0.05) is 42.7 Å². The first-order valence-electron chi connectivity index (χ1n) is 30.7. The Bertz CT molecular complexity index is 4670. The molecule has 0 aliphatic carbocycles. The van der Waals surface area contributed by atoms with E-state index < -0.39 is 338 Å². The molecular formula is C42H68O67S11. The summed E-state index contributed by atoms with van der Waals surface area (Å²) in [6.45, 7) is -5.57. The van der Waals surface area contributed by atoms with E-state index in [4.69, 9.17) is 94.2 Å². The Labute approximate surface area is 678 Å². The van der Waals surface area contributed by atoms with E-state index in [1.165, 1.54) is 0 Å². The Balaban J connectivity index is 1.52. The summed E-state index contributed by atoms with van der Waals surface area (Å²) in [5.74, 6) is -7.25. The number of methoxy groups -OCH3 is 6. The molecule has 0 spiro atoms. The van der Waals surface area contributed by atoms with E-state index in [1.54, 1.807) is 0 Å². The SMILES string of the molecule is COC1C(OS(=O)(=O)O)[C@@H](O[C@H]2C(OC)C(OS(=O)(=O)O)C(O[C@H]3C(COS(=O)(=O)O)O[C@@H](O[C@H]4C(C(=O)O)O[C@@H](O[C@H]5C(OC)C(OS(=O)(=O)O)[C@@H](OC)O[C@@H]5COS(=O)(=O)O)C(OS(=O)(=O)O)[C@@H]4OC)C(OS(=O)(=O)O)[C@H]3OS(=O)(=O)O)O[C@H]2C(=O)O)O[C@H](COS(=O)(=O)O)[C@H]1O[C@@H]1OC(C(=O)O)[C@H](OSOOO)[C@@H](OC)C1OS(=O)(=O)O. The number of carboxylic acids is 3. The number of rotatable bonds is 46. The standard InChI is InChI=1S/C42H68O67S11/c1-80-16-13(10(7-86-111(50,51)52)89-37(85-6)28(16)102-115(62,63)64)92-40-30(104-117(68,69)70)19(83-4)22(26(97-40)35(45)46)96-39-33(107-120(77,78)79)24(101-114(59,60)61)15(12(91-39)9-88-113(56,57)58)94-41-31(105-118(71,72)73)18(82-3)21(25(98-41)34(43)44)95-38-29(103-116(65,66)67)17(81-2)14(11(90-38)8-87-112(53,54)55)93-42-32(106-119(74,75)76)20(84-5)23(100-110-109-108-49)27(99-42)36(47)48/h10-33,37-42,49H,7-9H2,1-6H3,(H,43,44)(H,45,46)(H,47,48)(H,50,51,52)(H,53,54,55)(H,56,57,58)(H,59,60,61)(H,62,63,64)(H,65,66,67)(H,68,69,70)(H,71,72,73)(H,74,75,76)(H,77,78,79)/t10-,11-,12?,13-,14-,15+,16?,17?,18?,19-,20-,21+,22-,23-,24+,25-,26?,27?,28?,29?,30?,31?,32?,33?,37+,38-,39+,40-,41?,42-/m1/s1. The molecule has 30 atom stereocenters. The van der Waals surface area contributed by atoms with E-state index in [0.717, 1.165) is 7.11 Å². The topological polar surface area (TPSA) is 953 Å². The van der Waals surface area contributed by atoms with Gasteiger partial charge in [-0.3, -0.25) is 49.7 Å². The second-order valence-electron chi connectivity index (χ2n) is 23.5. The first-order chi connectivity index (χ1) is 54.9. The molecule has 6 heterocycles. The average Bonchev–Trinajstić information content (AvgIpc) is 0.746. The van der Waals surface area contributed by atoms with Crippen molar-refractivity contribution in [3.63, 3.8) is 0 Å². The van der Waals surface area contributed by atoms with E-state index in [-0.39, 0.29) is 0 Å². The van der Waals surface area contributed by atoms with Crippen LogP contribution < -0.4 is 0 Å². The van der Waals surface area contributed by atoms with Crippen molar-refractivity contribution in [3.05, 3.63) is 0 Å². The molecule has 6 aliphatic rings. The van der Waals surface area contributed by atoms with Gasteiger partial charge in [0.1, 0.15) is 91.6 Å². The summed E-state index contributed by atoms with van der Waals surface area (Å²) in [6.07, 6.45) is -87.8. The van der Waals surface area contributed by atoms with Crippen LogP contribution in [0.4, 0.5) is 0 Å². The van der Waals surface area contributed by atoms with Crippen molar-refractivity contribution in [1.82, 2.24) is 0 Å². The molecule has 0 bridgehead atoms. The fraction of sp³-hybridized carbons (Fsp3) is 0.929. The molecule has 13 unspecified atom stereocenters. The summed E-state index contributed by atoms with van der Waals surface area (Å²) in [4.78, 5) is 39.8. The molecule has 704 valence electrons. The minimum Gasteiger partial charge on any atom is -0.479 e. The zero-order chi connectivity index (χ0) is 91.1. The van der Waals surface area contributed by atoms with Crippen molar-refractivity contribution >= 4 is 134 Å². The Morgan fingerprint density at radius 3 is 0.717 bits per heavy atom. The number of carboxylic acid groups (broad SMARTS) is 3. The van der Waals surface area contributed by atoms with Crippen molar-refractivity contribution in [2.45, 2.75) is 184 Å². The van der Waals surface area contributed by atoms with Crippen LogP contribution in [0.1, 0.15) is 0 Å². The molecule has 0 saturated carbocycles. The summed E-state index contributed by atoms with van der Waals surface area (Å²) < 4.78 is 498. The molecule has 0 amide bonds. The molecule has 6 rings (SSSR count). The second-order valence-corrected chi connectivity index (χ2v) is 34.6. The molecule has 0 radical (unpaired) electrons. The van der Waals surface area contributed by atoms with Gasteiger partial charge in [-0.1, -0.05) is 5.04 Å². The van der Waals surface area contributed by atoms with Gasteiger partial charge in [0.15, 0.2) is 105 Å². The maximum atomic E-state index is 13.7. The van der Waals surface area contributed by atoms with Crippen LogP contribution in [-0.4, -0.2) is 415 Å². The van der Waals surface area contributed by atoms with E-state index >= 15 is 0 Å². The lowest BCUT2D eigenvalue weighted by molar-refractivity contribution is -0.435. The number of carbonyl (C=O) groups is 3. The van der Waals surface area contributed by atoms with E-state index in [1.807, 2.05) is 0 Å². The summed E-state index contributed by atoms with van der Waals surface area (Å²) >= 11 is -0.424.